The predicted molar refractivity (Wildman–Crippen MR) is 111 cm³/mol. The first-order valence-corrected chi connectivity index (χ1v) is 10.3. The molecular formula is C20H14Cl2N2O2S. The summed E-state index contributed by atoms with van der Waals surface area (Å²) >= 11 is 12.4. The highest BCUT2D eigenvalue weighted by atomic mass is 35.5. The van der Waals surface area contributed by atoms with Gasteiger partial charge in [0.2, 0.25) is 10.0 Å². The molecule has 4 nitrogen and oxygen atoms in total. The second-order valence-electron chi connectivity index (χ2n) is 6.14. The van der Waals surface area contributed by atoms with Gasteiger partial charge < -0.3 is 4.98 Å². The summed E-state index contributed by atoms with van der Waals surface area (Å²) in [6.07, 6.45) is 0. The summed E-state index contributed by atoms with van der Waals surface area (Å²) < 4.78 is 23.1. The largest absolute Gasteiger partial charge is 0.354 e. The number of hydrogen-bond donors (Lipinski definition) is 2. The summed E-state index contributed by atoms with van der Waals surface area (Å²) in [6.45, 7) is 0. The normalized spacial score (nSPS) is 11.8. The van der Waals surface area contributed by atoms with Crippen LogP contribution in [0.25, 0.3) is 33.3 Å². The van der Waals surface area contributed by atoms with Crippen molar-refractivity contribution in [2.75, 3.05) is 0 Å². The van der Waals surface area contributed by atoms with Gasteiger partial charge in [-0.05, 0) is 53.6 Å². The molecule has 7 heteroatoms. The fourth-order valence-corrected chi connectivity index (χ4v) is 4.01. The minimum absolute atomic E-state index is 0.0645. The Labute approximate surface area is 166 Å². The van der Waals surface area contributed by atoms with E-state index in [0.717, 1.165) is 33.3 Å². The molecule has 0 saturated carbocycles. The van der Waals surface area contributed by atoms with Gasteiger partial charge in [-0.15, -0.1) is 0 Å². The van der Waals surface area contributed by atoms with Gasteiger partial charge in [-0.2, -0.15) is 0 Å². The molecule has 27 heavy (non-hydrogen) atoms. The highest BCUT2D eigenvalue weighted by Crippen LogP contribution is 2.40. The summed E-state index contributed by atoms with van der Waals surface area (Å²) in [6, 6.07) is 19.6. The molecular weight excluding hydrogens is 403 g/mol. The van der Waals surface area contributed by atoms with E-state index >= 15 is 0 Å². The number of rotatable bonds is 3. The zero-order valence-corrected chi connectivity index (χ0v) is 16.2. The lowest BCUT2D eigenvalue weighted by Gasteiger charge is -2.07. The lowest BCUT2D eigenvalue weighted by Crippen LogP contribution is -2.11. The Morgan fingerprint density at radius 3 is 2.19 bits per heavy atom. The number of aromatic nitrogens is 1. The number of fused-ring (bicyclic) bond motifs is 1. The maximum atomic E-state index is 11.5. The summed E-state index contributed by atoms with van der Waals surface area (Å²) in [5.41, 5.74) is 4.46. The van der Waals surface area contributed by atoms with E-state index in [0.29, 0.717) is 10.0 Å². The average Bonchev–Trinajstić information content (AvgIpc) is 2.99. The fourth-order valence-electron chi connectivity index (χ4n) is 3.14. The maximum absolute atomic E-state index is 11.5. The van der Waals surface area contributed by atoms with Crippen LogP contribution in [0, 0.1) is 0 Å². The van der Waals surface area contributed by atoms with Crippen LogP contribution in [0.1, 0.15) is 0 Å². The van der Waals surface area contributed by atoms with Gasteiger partial charge in [0.25, 0.3) is 0 Å². The second kappa shape index (κ2) is 6.69. The number of H-pyrrole nitrogens is 1. The van der Waals surface area contributed by atoms with Gasteiger partial charge in [0.15, 0.2) is 0 Å². The third-order valence-electron chi connectivity index (χ3n) is 4.35. The SMILES string of the molecule is NS(=O)(=O)c1ccc(-c2[nH]c3ccc(Cl)cc3c2-c2cccc(Cl)c2)cc1. The van der Waals surface area contributed by atoms with Crippen LogP contribution in [0.5, 0.6) is 0 Å². The third-order valence-corrected chi connectivity index (χ3v) is 5.74. The van der Waals surface area contributed by atoms with Crippen LogP contribution >= 0.6 is 23.2 Å². The van der Waals surface area contributed by atoms with E-state index in [-0.39, 0.29) is 4.90 Å². The van der Waals surface area contributed by atoms with Crippen molar-refractivity contribution in [2.45, 2.75) is 4.90 Å². The summed E-state index contributed by atoms with van der Waals surface area (Å²) in [4.78, 5) is 3.47. The van der Waals surface area contributed by atoms with Crippen molar-refractivity contribution in [1.29, 1.82) is 0 Å². The molecule has 0 amide bonds. The van der Waals surface area contributed by atoms with E-state index in [1.165, 1.54) is 12.1 Å². The topological polar surface area (TPSA) is 76.0 Å². The van der Waals surface area contributed by atoms with E-state index in [2.05, 4.69) is 4.98 Å². The van der Waals surface area contributed by atoms with Gasteiger partial charge >= 0.3 is 0 Å². The minimum Gasteiger partial charge on any atom is -0.354 e. The number of halogens is 2. The van der Waals surface area contributed by atoms with E-state index in [9.17, 15) is 8.42 Å². The molecule has 4 aromatic rings. The first-order valence-electron chi connectivity index (χ1n) is 8.03. The number of nitrogens with two attached hydrogens (primary N) is 1. The Bertz CT molecular complexity index is 1260. The van der Waals surface area contributed by atoms with E-state index < -0.39 is 10.0 Å². The molecule has 0 spiro atoms. The fraction of sp³-hybridized carbons (Fsp3) is 0. The molecule has 3 aromatic carbocycles. The van der Waals surface area contributed by atoms with Crippen LogP contribution < -0.4 is 5.14 Å². The molecule has 1 heterocycles. The van der Waals surface area contributed by atoms with Crippen LogP contribution in [0.3, 0.4) is 0 Å². The van der Waals surface area contributed by atoms with E-state index in [4.69, 9.17) is 28.3 Å². The van der Waals surface area contributed by atoms with Crippen LogP contribution in [0.4, 0.5) is 0 Å². The molecule has 4 rings (SSSR count). The van der Waals surface area contributed by atoms with Crippen molar-refractivity contribution >= 4 is 44.1 Å². The van der Waals surface area contributed by atoms with Crippen molar-refractivity contribution in [3.05, 3.63) is 76.8 Å². The first-order chi connectivity index (χ1) is 12.8. The Morgan fingerprint density at radius 2 is 1.52 bits per heavy atom. The highest BCUT2D eigenvalue weighted by molar-refractivity contribution is 7.89. The van der Waals surface area contributed by atoms with Gasteiger partial charge in [0, 0.05) is 26.5 Å². The van der Waals surface area contributed by atoms with Gasteiger partial charge in [0.1, 0.15) is 0 Å². The zero-order valence-electron chi connectivity index (χ0n) is 13.9. The molecule has 0 radical (unpaired) electrons. The Hall–Kier alpha value is -2.31. The molecule has 1 aromatic heterocycles. The molecule has 0 unspecified atom stereocenters. The molecule has 3 N–H and O–H groups in total. The molecule has 0 aliphatic carbocycles. The second-order valence-corrected chi connectivity index (χ2v) is 8.58. The molecule has 0 aliphatic rings. The Kier molecular flexibility index (Phi) is 4.48. The van der Waals surface area contributed by atoms with Gasteiger partial charge in [0.05, 0.1) is 10.6 Å². The quantitative estimate of drug-likeness (QED) is 0.465. The molecule has 0 saturated heterocycles. The summed E-state index contributed by atoms with van der Waals surface area (Å²) in [7, 11) is -3.75. The molecule has 0 bridgehead atoms. The van der Waals surface area contributed by atoms with Crippen molar-refractivity contribution in [1.82, 2.24) is 4.98 Å². The van der Waals surface area contributed by atoms with Crippen molar-refractivity contribution < 1.29 is 8.42 Å². The zero-order chi connectivity index (χ0) is 19.2. The lowest BCUT2D eigenvalue weighted by molar-refractivity contribution is 0.598. The highest BCUT2D eigenvalue weighted by Gasteiger charge is 2.17. The van der Waals surface area contributed by atoms with Crippen LogP contribution in [0.15, 0.2) is 71.6 Å². The van der Waals surface area contributed by atoms with Crippen LogP contribution in [0.2, 0.25) is 10.0 Å². The minimum atomic E-state index is -3.75. The van der Waals surface area contributed by atoms with Crippen molar-refractivity contribution in [2.24, 2.45) is 5.14 Å². The lowest BCUT2D eigenvalue weighted by atomic mass is 9.98. The number of nitrogens with one attached hydrogen (secondary N) is 1. The van der Waals surface area contributed by atoms with Crippen LogP contribution in [-0.4, -0.2) is 13.4 Å². The summed E-state index contributed by atoms with van der Waals surface area (Å²) in [5.74, 6) is 0. The maximum Gasteiger partial charge on any atom is 0.238 e. The first kappa shape index (κ1) is 18.1. The predicted octanol–water partition coefficient (Wildman–Crippen LogP) is 5.46. The molecule has 136 valence electrons. The van der Waals surface area contributed by atoms with Crippen molar-refractivity contribution in [3.8, 4) is 22.4 Å². The molecule has 0 fully saturated rings. The average molecular weight is 417 g/mol. The monoisotopic (exact) mass is 416 g/mol. The summed E-state index contributed by atoms with van der Waals surface area (Å²) in [5, 5.41) is 7.40. The molecule has 0 atom stereocenters. The third kappa shape index (κ3) is 3.47. The smallest absolute Gasteiger partial charge is 0.238 e. The van der Waals surface area contributed by atoms with Crippen LogP contribution in [-0.2, 0) is 10.0 Å². The number of hydrogen-bond acceptors (Lipinski definition) is 2. The number of sulfonamides is 1. The number of primary sulfonamides is 1. The van der Waals surface area contributed by atoms with Gasteiger partial charge in [-0.25, -0.2) is 13.6 Å². The molecule has 0 aliphatic heterocycles. The standard InChI is InChI=1S/C20H14Cl2N2O2S/c21-14-3-1-2-13(10-14)19-17-11-15(22)6-9-18(17)24-20(19)12-4-7-16(8-5-12)27(23,25)26/h1-11,24H,(H2,23,25,26). The van der Waals surface area contributed by atoms with Gasteiger partial charge in [-0.3, -0.25) is 0 Å². The Balaban J connectivity index is 1.99. The number of aromatic amines is 1. The van der Waals surface area contributed by atoms with E-state index in [1.807, 2.05) is 42.5 Å². The van der Waals surface area contributed by atoms with E-state index in [1.54, 1.807) is 12.1 Å². The number of benzene rings is 3. The van der Waals surface area contributed by atoms with Gasteiger partial charge in [-0.1, -0.05) is 47.5 Å². The Morgan fingerprint density at radius 1 is 0.815 bits per heavy atom. The van der Waals surface area contributed by atoms with Crippen molar-refractivity contribution in [3.63, 3.8) is 0 Å².